The lowest BCUT2D eigenvalue weighted by Gasteiger charge is -2.04. The Kier molecular flexibility index (Phi) is 5.22. The smallest absolute Gasteiger partial charge is 0.400 e. The molecule has 0 unspecified atom stereocenters. The molecule has 9 nitrogen and oxygen atoms in total. The highest BCUT2D eigenvalue weighted by molar-refractivity contribution is 7.91. The number of rotatable bonds is 6. The zero-order valence-electron chi connectivity index (χ0n) is 12.1. The summed E-state index contributed by atoms with van der Waals surface area (Å²) in [5, 5.41) is 13.9. The molecule has 1 aromatic carbocycles. The fourth-order valence-corrected chi connectivity index (χ4v) is 2.35. The molecule has 0 aliphatic heterocycles. The standard InChI is InChI=1S/C13H9F2N3O6S/c14-13(15)25(22,23)10-4-1-8(2-5-10)12(19)17-16-7-9-3-6-11(24-9)18(20)21/h1-7,13H,(H,17,19)/b16-7+. The van der Waals surface area contributed by atoms with Gasteiger partial charge in [-0.25, -0.2) is 13.8 Å². The van der Waals surface area contributed by atoms with Gasteiger partial charge in [-0.2, -0.15) is 13.9 Å². The highest BCUT2D eigenvalue weighted by atomic mass is 32.2. The summed E-state index contributed by atoms with van der Waals surface area (Å²) in [6.45, 7) is 0. The van der Waals surface area contributed by atoms with E-state index >= 15 is 0 Å². The molecule has 0 saturated carbocycles. The van der Waals surface area contributed by atoms with Crippen molar-refractivity contribution in [1.82, 2.24) is 5.43 Å². The number of amides is 1. The van der Waals surface area contributed by atoms with Crippen molar-refractivity contribution in [2.24, 2.45) is 5.10 Å². The van der Waals surface area contributed by atoms with Crippen molar-refractivity contribution in [2.45, 2.75) is 10.7 Å². The molecule has 132 valence electrons. The molecule has 0 radical (unpaired) electrons. The van der Waals surface area contributed by atoms with Crippen LogP contribution < -0.4 is 5.43 Å². The molecule has 1 N–H and O–H groups in total. The summed E-state index contributed by atoms with van der Waals surface area (Å²) in [7, 11) is -4.74. The molecule has 1 heterocycles. The average Bonchev–Trinajstić information content (AvgIpc) is 3.04. The van der Waals surface area contributed by atoms with Crippen LogP contribution >= 0.6 is 0 Å². The van der Waals surface area contributed by atoms with Crippen LogP contribution in [-0.4, -0.2) is 31.2 Å². The van der Waals surface area contributed by atoms with Gasteiger partial charge in [-0.05, 0) is 30.3 Å². The minimum absolute atomic E-state index is 0.0189. The van der Waals surface area contributed by atoms with E-state index in [9.17, 15) is 32.1 Å². The lowest BCUT2D eigenvalue weighted by Crippen LogP contribution is -2.18. The Morgan fingerprint density at radius 3 is 2.40 bits per heavy atom. The summed E-state index contributed by atoms with van der Waals surface area (Å²) in [6, 6.07) is 6.19. The van der Waals surface area contributed by atoms with Crippen molar-refractivity contribution < 1.29 is 31.3 Å². The van der Waals surface area contributed by atoms with E-state index in [0.717, 1.165) is 36.5 Å². The topological polar surface area (TPSA) is 132 Å². The van der Waals surface area contributed by atoms with Crippen LogP contribution in [0.25, 0.3) is 0 Å². The van der Waals surface area contributed by atoms with Crippen molar-refractivity contribution in [3.63, 3.8) is 0 Å². The second kappa shape index (κ2) is 7.17. The predicted molar refractivity (Wildman–Crippen MR) is 80.1 cm³/mol. The minimum atomic E-state index is -4.74. The molecule has 0 saturated heterocycles. The maximum atomic E-state index is 12.4. The van der Waals surface area contributed by atoms with E-state index in [0.29, 0.717) is 0 Å². The van der Waals surface area contributed by atoms with Crippen molar-refractivity contribution in [3.05, 3.63) is 57.8 Å². The van der Waals surface area contributed by atoms with Gasteiger partial charge in [0.05, 0.1) is 17.2 Å². The van der Waals surface area contributed by atoms with Gasteiger partial charge in [-0.1, -0.05) is 0 Å². The number of carbonyl (C=O) groups excluding carboxylic acids is 1. The summed E-state index contributed by atoms with van der Waals surface area (Å²) in [6.07, 6.45) is 1.01. The number of alkyl halides is 2. The summed E-state index contributed by atoms with van der Waals surface area (Å²) >= 11 is 0. The molecule has 1 aromatic heterocycles. The van der Waals surface area contributed by atoms with E-state index in [1.54, 1.807) is 0 Å². The first-order valence-corrected chi connectivity index (χ1v) is 7.96. The van der Waals surface area contributed by atoms with Crippen LogP contribution in [0.5, 0.6) is 0 Å². The molecule has 0 aliphatic carbocycles. The Labute approximate surface area is 139 Å². The highest BCUT2D eigenvalue weighted by Crippen LogP contribution is 2.18. The Morgan fingerprint density at radius 1 is 1.24 bits per heavy atom. The van der Waals surface area contributed by atoms with E-state index in [2.05, 4.69) is 10.5 Å². The minimum Gasteiger partial charge on any atom is -0.400 e. The lowest BCUT2D eigenvalue weighted by molar-refractivity contribution is -0.402. The van der Waals surface area contributed by atoms with Gasteiger partial charge in [-0.15, -0.1) is 0 Å². The van der Waals surface area contributed by atoms with Crippen LogP contribution in [0.1, 0.15) is 16.1 Å². The SMILES string of the molecule is O=C(N/N=C/c1ccc([N+](=O)[O-])o1)c1ccc(S(=O)(=O)C(F)F)cc1. The zero-order valence-corrected chi connectivity index (χ0v) is 12.9. The van der Waals surface area contributed by atoms with Gasteiger partial charge in [0.15, 0.2) is 5.76 Å². The van der Waals surface area contributed by atoms with Crippen molar-refractivity contribution in [1.29, 1.82) is 0 Å². The molecule has 2 aromatic rings. The molecular formula is C13H9F2N3O6S. The Balaban J connectivity index is 2.03. The monoisotopic (exact) mass is 373 g/mol. The molecule has 25 heavy (non-hydrogen) atoms. The van der Waals surface area contributed by atoms with Crippen LogP contribution in [0.3, 0.4) is 0 Å². The van der Waals surface area contributed by atoms with E-state index in [1.165, 1.54) is 6.07 Å². The van der Waals surface area contributed by atoms with Crippen LogP contribution in [0.2, 0.25) is 0 Å². The zero-order chi connectivity index (χ0) is 18.6. The van der Waals surface area contributed by atoms with Crippen molar-refractivity contribution >= 4 is 27.8 Å². The van der Waals surface area contributed by atoms with Gasteiger partial charge in [-0.3, -0.25) is 14.9 Å². The molecule has 0 spiro atoms. The normalized spacial score (nSPS) is 11.8. The molecule has 1 amide bonds. The van der Waals surface area contributed by atoms with Gasteiger partial charge < -0.3 is 4.42 Å². The lowest BCUT2D eigenvalue weighted by atomic mass is 10.2. The fourth-order valence-electron chi connectivity index (χ4n) is 1.63. The van der Waals surface area contributed by atoms with Crippen LogP contribution in [0.15, 0.2) is 50.8 Å². The quantitative estimate of drug-likeness (QED) is 0.468. The van der Waals surface area contributed by atoms with Gasteiger partial charge in [0.25, 0.3) is 5.91 Å². The molecule has 2 rings (SSSR count). The van der Waals surface area contributed by atoms with Crippen LogP contribution in [0.4, 0.5) is 14.7 Å². The van der Waals surface area contributed by atoms with Gasteiger partial charge in [0.2, 0.25) is 9.84 Å². The molecule has 12 heteroatoms. The van der Waals surface area contributed by atoms with Crippen LogP contribution in [0, 0.1) is 10.1 Å². The first-order valence-electron chi connectivity index (χ1n) is 6.41. The summed E-state index contributed by atoms with van der Waals surface area (Å²) in [5.41, 5.74) is 2.04. The summed E-state index contributed by atoms with van der Waals surface area (Å²) in [5.74, 6) is -4.79. The van der Waals surface area contributed by atoms with E-state index in [4.69, 9.17) is 4.42 Å². The van der Waals surface area contributed by atoms with Gasteiger partial charge in [0.1, 0.15) is 4.92 Å². The Morgan fingerprint density at radius 2 is 1.88 bits per heavy atom. The van der Waals surface area contributed by atoms with Crippen molar-refractivity contribution in [3.8, 4) is 0 Å². The first-order chi connectivity index (χ1) is 11.7. The average molecular weight is 373 g/mol. The van der Waals surface area contributed by atoms with Crippen LogP contribution in [-0.2, 0) is 9.84 Å². The number of nitro groups is 1. The van der Waals surface area contributed by atoms with E-state index < -0.39 is 37.2 Å². The number of sulfone groups is 1. The van der Waals surface area contributed by atoms with Gasteiger partial charge >= 0.3 is 11.6 Å². The number of nitrogens with zero attached hydrogens (tertiary/aromatic N) is 2. The highest BCUT2D eigenvalue weighted by Gasteiger charge is 2.26. The molecule has 0 aliphatic rings. The molecular weight excluding hydrogens is 364 g/mol. The number of furan rings is 1. The number of hydrogen-bond donors (Lipinski definition) is 1. The number of hydrazone groups is 1. The number of benzene rings is 1. The number of nitrogens with one attached hydrogen (secondary N) is 1. The maximum absolute atomic E-state index is 12.4. The summed E-state index contributed by atoms with van der Waals surface area (Å²) < 4.78 is 52.1. The number of halogens is 2. The maximum Gasteiger partial charge on any atom is 0.433 e. The molecule has 0 atom stereocenters. The number of hydrogen-bond acceptors (Lipinski definition) is 7. The largest absolute Gasteiger partial charge is 0.433 e. The Bertz CT molecular complexity index is 921. The third-order valence-corrected chi connectivity index (χ3v) is 4.23. The summed E-state index contributed by atoms with van der Waals surface area (Å²) in [4.78, 5) is 20.8. The second-order valence-corrected chi connectivity index (χ2v) is 6.38. The van der Waals surface area contributed by atoms with Crippen molar-refractivity contribution in [2.75, 3.05) is 0 Å². The number of carbonyl (C=O) groups is 1. The Hall–Kier alpha value is -3.15. The second-order valence-electron chi connectivity index (χ2n) is 4.46. The third-order valence-electron chi connectivity index (χ3n) is 2.83. The third kappa shape index (κ3) is 4.23. The first kappa shape index (κ1) is 18.2. The van der Waals surface area contributed by atoms with E-state index in [1.807, 2.05) is 0 Å². The predicted octanol–water partition coefficient (Wildman–Crippen LogP) is 1.95. The molecule has 0 fully saturated rings. The fraction of sp³-hybridized carbons (Fsp3) is 0.0769. The van der Waals surface area contributed by atoms with E-state index in [-0.39, 0.29) is 11.3 Å². The molecule has 0 bridgehead atoms. The van der Waals surface area contributed by atoms with Gasteiger partial charge in [0, 0.05) is 5.56 Å².